The van der Waals surface area contributed by atoms with Crippen molar-refractivity contribution < 1.29 is 19.1 Å². The van der Waals surface area contributed by atoms with Gasteiger partial charge in [0.1, 0.15) is 24.7 Å². The molecule has 0 saturated carbocycles. The second-order valence-electron chi connectivity index (χ2n) is 9.40. The minimum atomic E-state index is -0.322. The molecule has 0 aliphatic carbocycles. The number of carbonyl (C=O) groups is 2. The van der Waals surface area contributed by atoms with E-state index in [-0.39, 0.29) is 23.1 Å². The van der Waals surface area contributed by atoms with Gasteiger partial charge < -0.3 is 9.47 Å². The summed E-state index contributed by atoms with van der Waals surface area (Å²) in [7, 11) is 0. The van der Waals surface area contributed by atoms with E-state index in [2.05, 4.69) is 32.9 Å². The largest absolute Gasteiger partial charge is 0.490 e. The molecule has 7 heteroatoms. The molecule has 0 spiro atoms. The molecular formula is C29H28ClNO4S. The lowest BCUT2D eigenvalue weighted by molar-refractivity contribution is -0.123. The maximum atomic E-state index is 12.9. The van der Waals surface area contributed by atoms with Crippen molar-refractivity contribution >= 4 is 40.6 Å². The van der Waals surface area contributed by atoms with Gasteiger partial charge in [0, 0.05) is 10.6 Å². The third-order valence-electron chi connectivity index (χ3n) is 5.66. The first-order valence-corrected chi connectivity index (χ1v) is 12.8. The molecule has 0 aromatic heterocycles. The number of thioether (sulfide) groups is 1. The van der Waals surface area contributed by atoms with E-state index in [1.807, 2.05) is 36.4 Å². The Morgan fingerprint density at radius 1 is 0.889 bits per heavy atom. The number of carbonyl (C=O) groups excluding carboxylic acids is 2. The van der Waals surface area contributed by atoms with Gasteiger partial charge in [0.25, 0.3) is 11.1 Å². The molecule has 4 rings (SSSR count). The Morgan fingerprint density at radius 2 is 1.56 bits per heavy atom. The summed E-state index contributed by atoms with van der Waals surface area (Å²) >= 11 is 6.86. The molecule has 36 heavy (non-hydrogen) atoms. The number of amides is 2. The van der Waals surface area contributed by atoms with Crippen LogP contribution < -0.4 is 9.47 Å². The molecule has 0 N–H and O–H groups in total. The highest BCUT2D eigenvalue weighted by Crippen LogP contribution is 2.35. The van der Waals surface area contributed by atoms with Crippen molar-refractivity contribution in [1.82, 2.24) is 4.90 Å². The minimum absolute atomic E-state index is 0.0936. The van der Waals surface area contributed by atoms with Crippen LogP contribution in [0.1, 0.15) is 37.5 Å². The maximum Gasteiger partial charge on any atom is 0.293 e. The maximum absolute atomic E-state index is 12.9. The van der Waals surface area contributed by atoms with Gasteiger partial charge in [0.15, 0.2) is 0 Å². The quantitative estimate of drug-likeness (QED) is 0.229. The van der Waals surface area contributed by atoms with Crippen LogP contribution in [0.3, 0.4) is 0 Å². The molecule has 0 atom stereocenters. The normalized spacial score (nSPS) is 15.0. The molecule has 186 valence electrons. The van der Waals surface area contributed by atoms with E-state index >= 15 is 0 Å². The summed E-state index contributed by atoms with van der Waals surface area (Å²) in [6, 6.07) is 22.6. The fourth-order valence-electron chi connectivity index (χ4n) is 3.64. The number of imide groups is 1. The lowest BCUT2D eigenvalue weighted by atomic mass is 9.87. The number of ether oxygens (including phenoxy) is 2. The Balaban J connectivity index is 1.37. The molecule has 2 amide bonds. The van der Waals surface area contributed by atoms with Gasteiger partial charge in [-0.3, -0.25) is 14.5 Å². The fraction of sp³-hybridized carbons (Fsp3) is 0.241. The summed E-state index contributed by atoms with van der Waals surface area (Å²) < 4.78 is 11.8. The van der Waals surface area contributed by atoms with Crippen molar-refractivity contribution in [3.05, 3.63) is 99.4 Å². The van der Waals surface area contributed by atoms with E-state index in [0.717, 1.165) is 28.6 Å². The van der Waals surface area contributed by atoms with E-state index in [0.29, 0.717) is 28.9 Å². The number of halogens is 1. The van der Waals surface area contributed by atoms with E-state index in [1.165, 1.54) is 10.5 Å². The molecule has 3 aromatic carbocycles. The van der Waals surface area contributed by atoms with Crippen molar-refractivity contribution in [2.24, 2.45) is 0 Å². The monoisotopic (exact) mass is 521 g/mol. The van der Waals surface area contributed by atoms with Gasteiger partial charge in [0.05, 0.1) is 11.4 Å². The van der Waals surface area contributed by atoms with Crippen molar-refractivity contribution in [2.75, 3.05) is 13.2 Å². The lowest BCUT2D eigenvalue weighted by Crippen LogP contribution is -2.27. The van der Waals surface area contributed by atoms with Gasteiger partial charge in [-0.25, -0.2) is 0 Å². The van der Waals surface area contributed by atoms with Crippen LogP contribution in [0.2, 0.25) is 5.02 Å². The molecule has 0 unspecified atom stereocenters. The van der Waals surface area contributed by atoms with Gasteiger partial charge in [-0.15, -0.1) is 0 Å². The van der Waals surface area contributed by atoms with Gasteiger partial charge in [-0.1, -0.05) is 74.8 Å². The zero-order valence-electron chi connectivity index (χ0n) is 20.5. The average molecular weight is 522 g/mol. The van der Waals surface area contributed by atoms with Gasteiger partial charge in [-0.05, 0) is 64.7 Å². The number of hydrogen-bond acceptors (Lipinski definition) is 5. The molecule has 1 aliphatic heterocycles. The molecule has 1 saturated heterocycles. The van der Waals surface area contributed by atoms with E-state index in [1.54, 1.807) is 30.3 Å². The zero-order chi connectivity index (χ0) is 25.7. The molecule has 1 heterocycles. The van der Waals surface area contributed by atoms with Crippen LogP contribution in [0.4, 0.5) is 4.79 Å². The zero-order valence-corrected chi connectivity index (χ0v) is 22.1. The number of benzene rings is 3. The predicted molar refractivity (Wildman–Crippen MR) is 146 cm³/mol. The van der Waals surface area contributed by atoms with E-state index in [9.17, 15) is 9.59 Å². The van der Waals surface area contributed by atoms with E-state index in [4.69, 9.17) is 21.1 Å². The highest BCUT2D eigenvalue weighted by molar-refractivity contribution is 8.18. The molecule has 3 aromatic rings. The van der Waals surface area contributed by atoms with Crippen LogP contribution in [0.5, 0.6) is 11.5 Å². The topological polar surface area (TPSA) is 55.8 Å². The Bertz CT molecular complexity index is 1260. The lowest BCUT2D eigenvalue weighted by Gasteiger charge is -2.19. The van der Waals surface area contributed by atoms with Crippen molar-refractivity contribution in [3.63, 3.8) is 0 Å². The van der Waals surface area contributed by atoms with Gasteiger partial charge in [-0.2, -0.15) is 0 Å². The Labute approximate surface area is 221 Å². The molecule has 1 fully saturated rings. The second-order valence-corrected chi connectivity index (χ2v) is 10.8. The molecule has 1 aliphatic rings. The fourth-order valence-corrected chi connectivity index (χ4v) is 4.60. The molecule has 5 nitrogen and oxygen atoms in total. The third-order valence-corrected chi connectivity index (χ3v) is 6.82. The standard InChI is InChI=1S/C29H28ClNO4S/c1-29(2,3)22-10-14-24(15-11-22)34-16-17-35-25-7-5-4-6-21(25)18-26-27(32)31(28(33)36-26)19-20-8-12-23(30)13-9-20/h4-15,18H,16-17,19H2,1-3H3/b26-18-. The predicted octanol–water partition coefficient (Wildman–Crippen LogP) is 7.33. The number of para-hydroxylation sites is 1. The number of hydrogen-bond donors (Lipinski definition) is 0. The molecule has 0 bridgehead atoms. The first kappa shape index (κ1) is 25.9. The van der Waals surface area contributed by atoms with Crippen LogP contribution in [0.25, 0.3) is 6.08 Å². The Hall–Kier alpha value is -3.22. The van der Waals surface area contributed by atoms with Crippen LogP contribution in [0.15, 0.2) is 77.7 Å². The first-order valence-electron chi connectivity index (χ1n) is 11.7. The summed E-state index contributed by atoms with van der Waals surface area (Å²) in [6.07, 6.45) is 1.70. The summed E-state index contributed by atoms with van der Waals surface area (Å²) in [5.74, 6) is 1.08. The van der Waals surface area contributed by atoms with E-state index < -0.39 is 0 Å². The number of rotatable bonds is 8. The highest BCUT2D eigenvalue weighted by Gasteiger charge is 2.35. The summed E-state index contributed by atoms with van der Waals surface area (Å²) in [5, 5.41) is 0.304. The average Bonchev–Trinajstić information content (AvgIpc) is 3.11. The second kappa shape index (κ2) is 11.2. The van der Waals surface area contributed by atoms with Crippen LogP contribution in [-0.4, -0.2) is 29.3 Å². The van der Waals surface area contributed by atoms with Crippen LogP contribution >= 0.6 is 23.4 Å². The van der Waals surface area contributed by atoms with Crippen molar-refractivity contribution in [2.45, 2.75) is 32.7 Å². The Kier molecular flexibility index (Phi) is 8.07. The van der Waals surface area contributed by atoms with Crippen molar-refractivity contribution in [1.29, 1.82) is 0 Å². The molecular weight excluding hydrogens is 494 g/mol. The van der Waals surface area contributed by atoms with Gasteiger partial charge in [0.2, 0.25) is 0 Å². The van der Waals surface area contributed by atoms with Crippen LogP contribution in [-0.2, 0) is 16.8 Å². The summed E-state index contributed by atoms with van der Waals surface area (Å²) in [4.78, 5) is 27.1. The smallest absolute Gasteiger partial charge is 0.293 e. The molecule has 0 radical (unpaired) electrons. The summed E-state index contributed by atoms with van der Waals surface area (Å²) in [6.45, 7) is 7.44. The summed E-state index contributed by atoms with van der Waals surface area (Å²) in [5.41, 5.74) is 2.90. The van der Waals surface area contributed by atoms with Crippen molar-refractivity contribution in [3.8, 4) is 11.5 Å². The van der Waals surface area contributed by atoms with Crippen LogP contribution in [0, 0.1) is 0 Å². The first-order chi connectivity index (χ1) is 17.2. The minimum Gasteiger partial charge on any atom is -0.490 e. The highest BCUT2D eigenvalue weighted by atomic mass is 35.5. The Morgan fingerprint density at radius 3 is 2.25 bits per heavy atom. The number of nitrogens with zero attached hydrogens (tertiary/aromatic N) is 1. The third kappa shape index (κ3) is 6.50. The van der Waals surface area contributed by atoms with Gasteiger partial charge >= 0.3 is 0 Å². The SMILES string of the molecule is CC(C)(C)c1ccc(OCCOc2ccccc2/C=C2\SC(=O)N(Cc3ccc(Cl)cc3)C2=O)cc1.